The zero-order valence-electron chi connectivity index (χ0n) is 18.3. The number of rotatable bonds is 8. The molecule has 0 saturated heterocycles. The topological polar surface area (TPSA) is 58.6 Å². The Hall–Kier alpha value is -2.89. The molecule has 2 aromatic carbocycles. The van der Waals surface area contributed by atoms with Crippen molar-refractivity contribution in [2.24, 2.45) is 0 Å². The summed E-state index contributed by atoms with van der Waals surface area (Å²) >= 11 is 0. The molecular formula is C25H31FN2O3. The van der Waals surface area contributed by atoms with E-state index in [0.29, 0.717) is 5.75 Å². The van der Waals surface area contributed by atoms with Gasteiger partial charge < -0.3 is 15.0 Å². The second kappa shape index (κ2) is 10.9. The Morgan fingerprint density at radius 3 is 2.52 bits per heavy atom. The maximum atomic E-state index is 13.3. The van der Waals surface area contributed by atoms with Crippen molar-refractivity contribution in [2.75, 3.05) is 6.61 Å². The molecule has 2 amide bonds. The first kappa shape index (κ1) is 22.8. The lowest BCUT2D eigenvalue weighted by atomic mass is 9.95. The van der Waals surface area contributed by atoms with E-state index >= 15 is 0 Å². The van der Waals surface area contributed by atoms with Gasteiger partial charge in [0, 0.05) is 12.6 Å². The van der Waals surface area contributed by atoms with Gasteiger partial charge >= 0.3 is 0 Å². The summed E-state index contributed by atoms with van der Waals surface area (Å²) < 4.78 is 19.0. The van der Waals surface area contributed by atoms with Crippen LogP contribution < -0.4 is 10.1 Å². The first-order valence-corrected chi connectivity index (χ1v) is 11.0. The van der Waals surface area contributed by atoms with Gasteiger partial charge in [0.2, 0.25) is 5.91 Å². The highest BCUT2D eigenvalue weighted by Gasteiger charge is 2.28. The predicted molar refractivity (Wildman–Crippen MR) is 118 cm³/mol. The van der Waals surface area contributed by atoms with Gasteiger partial charge in [0.1, 0.15) is 17.6 Å². The molecule has 31 heavy (non-hydrogen) atoms. The van der Waals surface area contributed by atoms with Crippen LogP contribution in [0.4, 0.5) is 4.39 Å². The molecule has 0 bridgehead atoms. The Kier molecular flexibility index (Phi) is 8.04. The number of aryl methyl sites for hydroxylation is 1. The highest BCUT2D eigenvalue weighted by molar-refractivity contribution is 5.88. The molecule has 1 N–H and O–H groups in total. The summed E-state index contributed by atoms with van der Waals surface area (Å²) in [7, 11) is 0. The Morgan fingerprint density at radius 1 is 1.13 bits per heavy atom. The second-order valence-corrected chi connectivity index (χ2v) is 8.27. The molecule has 1 fully saturated rings. The van der Waals surface area contributed by atoms with Crippen LogP contribution in [0.2, 0.25) is 0 Å². The van der Waals surface area contributed by atoms with Crippen LogP contribution in [0.15, 0.2) is 48.5 Å². The summed E-state index contributed by atoms with van der Waals surface area (Å²) in [4.78, 5) is 27.5. The Labute approximate surface area is 183 Å². The first-order chi connectivity index (χ1) is 14.9. The number of halogens is 1. The van der Waals surface area contributed by atoms with Gasteiger partial charge in [-0.3, -0.25) is 9.59 Å². The third-order valence-corrected chi connectivity index (χ3v) is 5.74. The summed E-state index contributed by atoms with van der Waals surface area (Å²) in [6.45, 7) is 3.71. The Balaban J connectivity index is 1.70. The van der Waals surface area contributed by atoms with Crippen LogP contribution in [0.3, 0.4) is 0 Å². The SMILES string of the molecule is Cc1cccc(OCC(=O)N(Cc2ccc(F)cc2)[C@H](C)C(=O)NC2CCCCC2)c1. The van der Waals surface area contributed by atoms with E-state index in [1.807, 2.05) is 25.1 Å². The number of nitrogens with zero attached hydrogens (tertiary/aromatic N) is 1. The van der Waals surface area contributed by atoms with Crippen molar-refractivity contribution in [3.63, 3.8) is 0 Å². The van der Waals surface area contributed by atoms with Crippen molar-refractivity contribution in [3.8, 4) is 5.75 Å². The van der Waals surface area contributed by atoms with Crippen molar-refractivity contribution in [1.82, 2.24) is 10.2 Å². The minimum atomic E-state index is -0.666. The van der Waals surface area contributed by atoms with Crippen LogP contribution in [-0.2, 0) is 16.1 Å². The minimum Gasteiger partial charge on any atom is -0.484 e. The van der Waals surface area contributed by atoms with Crippen molar-refractivity contribution < 1.29 is 18.7 Å². The van der Waals surface area contributed by atoms with Crippen LogP contribution in [0.25, 0.3) is 0 Å². The minimum absolute atomic E-state index is 0.162. The van der Waals surface area contributed by atoms with E-state index in [1.165, 1.54) is 23.5 Å². The van der Waals surface area contributed by atoms with Crippen LogP contribution in [-0.4, -0.2) is 35.4 Å². The molecule has 1 atom stereocenters. The molecule has 5 nitrogen and oxygen atoms in total. The zero-order chi connectivity index (χ0) is 22.2. The van der Waals surface area contributed by atoms with Gasteiger partial charge in [-0.25, -0.2) is 4.39 Å². The molecule has 166 valence electrons. The second-order valence-electron chi connectivity index (χ2n) is 8.27. The Bertz CT molecular complexity index is 879. The molecule has 0 aromatic heterocycles. The van der Waals surface area contributed by atoms with E-state index in [-0.39, 0.29) is 36.8 Å². The van der Waals surface area contributed by atoms with Crippen LogP contribution in [0.1, 0.15) is 50.2 Å². The lowest BCUT2D eigenvalue weighted by Gasteiger charge is -2.31. The molecule has 0 heterocycles. The smallest absolute Gasteiger partial charge is 0.261 e. The Morgan fingerprint density at radius 2 is 1.84 bits per heavy atom. The lowest BCUT2D eigenvalue weighted by Crippen LogP contribution is -2.51. The lowest BCUT2D eigenvalue weighted by molar-refractivity contribution is -0.142. The van der Waals surface area contributed by atoms with Crippen molar-refractivity contribution in [2.45, 2.75) is 64.6 Å². The number of amides is 2. The van der Waals surface area contributed by atoms with Gasteiger partial charge in [0.05, 0.1) is 0 Å². The van der Waals surface area contributed by atoms with Crippen LogP contribution in [0.5, 0.6) is 5.75 Å². The molecule has 0 unspecified atom stereocenters. The highest BCUT2D eigenvalue weighted by atomic mass is 19.1. The van der Waals surface area contributed by atoms with Gasteiger partial charge in [-0.2, -0.15) is 0 Å². The molecule has 2 aromatic rings. The quantitative estimate of drug-likeness (QED) is 0.682. The van der Waals surface area contributed by atoms with Crippen LogP contribution >= 0.6 is 0 Å². The maximum Gasteiger partial charge on any atom is 0.261 e. The summed E-state index contributed by atoms with van der Waals surface area (Å²) in [5.74, 6) is -0.197. The molecular weight excluding hydrogens is 395 g/mol. The monoisotopic (exact) mass is 426 g/mol. The average Bonchev–Trinajstić information content (AvgIpc) is 2.77. The number of hydrogen-bond acceptors (Lipinski definition) is 3. The fraction of sp³-hybridized carbons (Fsp3) is 0.440. The third-order valence-electron chi connectivity index (χ3n) is 5.74. The summed E-state index contributed by atoms with van der Waals surface area (Å²) in [6.07, 6.45) is 5.37. The van der Waals surface area contributed by atoms with E-state index in [9.17, 15) is 14.0 Å². The fourth-order valence-corrected chi connectivity index (χ4v) is 3.87. The number of hydrogen-bond donors (Lipinski definition) is 1. The molecule has 3 rings (SSSR count). The van der Waals surface area contributed by atoms with E-state index in [0.717, 1.165) is 36.8 Å². The third kappa shape index (κ3) is 6.81. The molecule has 1 aliphatic rings. The van der Waals surface area contributed by atoms with Gasteiger partial charge in [-0.15, -0.1) is 0 Å². The predicted octanol–water partition coefficient (Wildman–Crippen LogP) is 4.38. The highest BCUT2D eigenvalue weighted by Crippen LogP contribution is 2.19. The molecule has 0 spiro atoms. The number of ether oxygens (including phenoxy) is 1. The number of carbonyl (C=O) groups is 2. The average molecular weight is 427 g/mol. The maximum absolute atomic E-state index is 13.3. The molecule has 0 aliphatic heterocycles. The van der Waals surface area contributed by atoms with Gasteiger partial charge in [0.15, 0.2) is 6.61 Å². The standard InChI is InChI=1S/C25H31FN2O3/c1-18-7-6-10-23(15-18)31-17-24(29)28(16-20-11-13-21(26)14-12-20)19(2)25(30)27-22-8-4-3-5-9-22/h6-7,10-15,19,22H,3-5,8-9,16-17H2,1-2H3,(H,27,30)/t19-/m1/s1. The molecule has 1 aliphatic carbocycles. The summed E-state index contributed by atoms with van der Waals surface area (Å²) in [5, 5.41) is 3.10. The van der Waals surface area contributed by atoms with E-state index in [4.69, 9.17) is 4.74 Å². The molecule has 1 saturated carbocycles. The number of nitrogens with one attached hydrogen (secondary N) is 1. The van der Waals surface area contributed by atoms with Crippen molar-refractivity contribution in [3.05, 3.63) is 65.5 Å². The van der Waals surface area contributed by atoms with Gasteiger partial charge in [-0.05, 0) is 62.1 Å². The summed E-state index contributed by atoms with van der Waals surface area (Å²) in [5.41, 5.74) is 1.79. The zero-order valence-corrected chi connectivity index (χ0v) is 18.3. The van der Waals surface area contributed by atoms with Gasteiger partial charge in [-0.1, -0.05) is 43.5 Å². The number of benzene rings is 2. The molecule has 6 heteroatoms. The van der Waals surface area contributed by atoms with Crippen LogP contribution in [0, 0.1) is 12.7 Å². The van der Waals surface area contributed by atoms with E-state index < -0.39 is 6.04 Å². The van der Waals surface area contributed by atoms with Crippen molar-refractivity contribution in [1.29, 1.82) is 0 Å². The van der Waals surface area contributed by atoms with E-state index in [1.54, 1.807) is 25.1 Å². The largest absolute Gasteiger partial charge is 0.484 e. The first-order valence-electron chi connectivity index (χ1n) is 11.0. The summed E-state index contributed by atoms with van der Waals surface area (Å²) in [6, 6.07) is 12.9. The van der Waals surface area contributed by atoms with Gasteiger partial charge in [0.25, 0.3) is 5.91 Å². The van der Waals surface area contributed by atoms with Crippen molar-refractivity contribution >= 4 is 11.8 Å². The van der Waals surface area contributed by atoms with E-state index in [2.05, 4.69) is 5.32 Å². The number of carbonyl (C=O) groups excluding carboxylic acids is 2. The normalized spacial score (nSPS) is 15.2. The molecule has 0 radical (unpaired) electrons. The fourth-order valence-electron chi connectivity index (χ4n) is 3.87.